The molecular formula is C15H29NO. The summed E-state index contributed by atoms with van der Waals surface area (Å²) in [6, 6.07) is 1.32. The number of aliphatic hydroxyl groups excluding tert-OH is 1. The van der Waals surface area contributed by atoms with Gasteiger partial charge < -0.3 is 5.11 Å². The van der Waals surface area contributed by atoms with Crippen molar-refractivity contribution >= 4 is 0 Å². The Balaban J connectivity index is 2.20. The average molecular weight is 239 g/mol. The van der Waals surface area contributed by atoms with Crippen LogP contribution in [0.2, 0.25) is 0 Å². The number of hydrogen-bond donors (Lipinski definition) is 1. The molecule has 0 amide bonds. The Labute approximate surface area is 106 Å². The van der Waals surface area contributed by atoms with E-state index < -0.39 is 0 Å². The number of piperidine rings is 1. The molecule has 0 aromatic heterocycles. The highest BCUT2D eigenvalue weighted by atomic mass is 16.3. The third kappa shape index (κ3) is 2.26. The lowest BCUT2D eigenvalue weighted by molar-refractivity contribution is -0.0836. The van der Waals surface area contributed by atoms with E-state index >= 15 is 0 Å². The Bertz CT molecular complexity index is 241. The first kappa shape index (κ1) is 13.4. The fourth-order valence-corrected chi connectivity index (χ4v) is 4.41. The van der Waals surface area contributed by atoms with Gasteiger partial charge in [0.05, 0.1) is 6.10 Å². The van der Waals surface area contributed by atoms with Crippen molar-refractivity contribution in [3.8, 4) is 0 Å². The van der Waals surface area contributed by atoms with Gasteiger partial charge in [0.2, 0.25) is 0 Å². The largest absolute Gasteiger partial charge is 0.392 e. The molecule has 17 heavy (non-hydrogen) atoms. The van der Waals surface area contributed by atoms with E-state index in [2.05, 4.69) is 25.7 Å². The van der Waals surface area contributed by atoms with Gasteiger partial charge in [-0.1, -0.05) is 27.2 Å². The Morgan fingerprint density at radius 2 is 1.82 bits per heavy atom. The summed E-state index contributed by atoms with van der Waals surface area (Å²) in [5, 5.41) is 10.6. The second-order valence-corrected chi connectivity index (χ2v) is 5.94. The number of nitrogens with zero attached hydrogens (tertiary/aromatic N) is 1. The topological polar surface area (TPSA) is 23.5 Å². The lowest BCUT2D eigenvalue weighted by Gasteiger charge is -2.50. The molecule has 1 N–H and O–H groups in total. The molecule has 0 unspecified atom stereocenters. The summed E-state index contributed by atoms with van der Waals surface area (Å²) < 4.78 is 0. The summed E-state index contributed by atoms with van der Waals surface area (Å²) in [6.45, 7) is 8.04. The van der Waals surface area contributed by atoms with Crippen molar-refractivity contribution in [1.82, 2.24) is 4.90 Å². The van der Waals surface area contributed by atoms with Crippen molar-refractivity contribution in [3.63, 3.8) is 0 Å². The van der Waals surface area contributed by atoms with E-state index in [1.165, 1.54) is 32.2 Å². The molecule has 0 saturated carbocycles. The van der Waals surface area contributed by atoms with Crippen molar-refractivity contribution in [2.45, 2.75) is 77.5 Å². The minimum atomic E-state index is -0.0547. The minimum absolute atomic E-state index is 0.0547. The van der Waals surface area contributed by atoms with E-state index in [0.717, 1.165) is 12.8 Å². The van der Waals surface area contributed by atoms with Gasteiger partial charge in [0.1, 0.15) is 0 Å². The Hall–Kier alpha value is -0.0800. The highest BCUT2D eigenvalue weighted by Crippen LogP contribution is 2.42. The molecule has 0 aliphatic carbocycles. The standard InChI is InChI=1S/C15H29NO/c1-4-8-13-11(5-2)15(17)12(6-3)14-9-7-10-16(13)14/h11-15,17H,4-10H2,1-3H3/t11-,12-,13+,14-,15-/m0/s1. The van der Waals surface area contributed by atoms with Gasteiger partial charge in [-0.2, -0.15) is 0 Å². The maximum absolute atomic E-state index is 10.6. The first-order valence-corrected chi connectivity index (χ1v) is 7.68. The van der Waals surface area contributed by atoms with Crippen LogP contribution in [0.3, 0.4) is 0 Å². The molecule has 2 heteroatoms. The molecule has 2 nitrogen and oxygen atoms in total. The van der Waals surface area contributed by atoms with Crippen LogP contribution in [0.15, 0.2) is 0 Å². The zero-order chi connectivity index (χ0) is 12.4. The number of aliphatic hydroxyl groups is 1. The number of fused-ring (bicyclic) bond motifs is 1. The van der Waals surface area contributed by atoms with Crippen molar-refractivity contribution in [1.29, 1.82) is 0 Å². The zero-order valence-electron chi connectivity index (χ0n) is 11.7. The smallest absolute Gasteiger partial charge is 0.0626 e. The molecule has 0 radical (unpaired) electrons. The van der Waals surface area contributed by atoms with Crippen molar-refractivity contribution in [2.24, 2.45) is 11.8 Å². The van der Waals surface area contributed by atoms with E-state index in [1.54, 1.807) is 0 Å². The van der Waals surface area contributed by atoms with Gasteiger partial charge >= 0.3 is 0 Å². The van der Waals surface area contributed by atoms with Gasteiger partial charge in [0.25, 0.3) is 0 Å². The van der Waals surface area contributed by atoms with E-state index in [1.807, 2.05) is 0 Å². The lowest BCUT2D eigenvalue weighted by Crippen LogP contribution is -2.58. The highest BCUT2D eigenvalue weighted by molar-refractivity contribution is 5.01. The second kappa shape index (κ2) is 5.71. The maximum Gasteiger partial charge on any atom is 0.0626 e. The fraction of sp³-hybridized carbons (Fsp3) is 1.00. The van der Waals surface area contributed by atoms with Gasteiger partial charge in [0.15, 0.2) is 0 Å². The molecule has 2 saturated heterocycles. The van der Waals surface area contributed by atoms with Crippen LogP contribution in [0.25, 0.3) is 0 Å². The van der Waals surface area contributed by atoms with Crippen LogP contribution in [-0.4, -0.2) is 34.7 Å². The minimum Gasteiger partial charge on any atom is -0.392 e. The fourth-order valence-electron chi connectivity index (χ4n) is 4.41. The predicted molar refractivity (Wildman–Crippen MR) is 72.0 cm³/mol. The molecule has 2 heterocycles. The third-order valence-electron chi connectivity index (χ3n) is 5.16. The van der Waals surface area contributed by atoms with Crippen LogP contribution in [-0.2, 0) is 0 Å². The average Bonchev–Trinajstić information content (AvgIpc) is 2.79. The van der Waals surface area contributed by atoms with Gasteiger partial charge in [-0.15, -0.1) is 0 Å². The second-order valence-electron chi connectivity index (χ2n) is 5.94. The predicted octanol–water partition coefficient (Wildman–Crippen LogP) is 3.05. The Morgan fingerprint density at radius 3 is 2.41 bits per heavy atom. The maximum atomic E-state index is 10.6. The third-order valence-corrected chi connectivity index (χ3v) is 5.16. The van der Waals surface area contributed by atoms with Crippen molar-refractivity contribution in [2.75, 3.05) is 6.54 Å². The summed E-state index contributed by atoms with van der Waals surface area (Å²) in [7, 11) is 0. The summed E-state index contributed by atoms with van der Waals surface area (Å²) in [5.74, 6) is 1.03. The molecule has 2 aliphatic heterocycles. The molecule has 5 atom stereocenters. The van der Waals surface area contributed by atoms with Crippen molar-refractivity contribution < 1.29 is 5.11 Å². The first-order valence-electron chi connectivity index (χ1n) is 7.68. The Morgan fingerprint density at radius 1 is 1.12 bits per heavy atom. The molecule has 2 rings (SSSR count). The normalized spacial score (nSPS) is 42.7. The van der Waals surface area contributed by atoms with Crippen LogP contribution in [0.4, 0.5) is 0 Å². The van der Waals surface area contributed by atoms with Gasteiger partial charge in [-0.3, -0.25) is 4.90 Å². The molecule has 0 bridgehead atoms. The monoisotopic (exact) mass is 239 g/mol. The van der Waals surface area contributed by atoms with Crippen molar-refractivity contribution in [3.05, 3.63) is 0 Å². The molecule has 0 aromatic carbocycles. The molecule has 0 spiro atoms. The zero-order valence-corrected chi connectivity index (χ0v) is 11.7. The molecule has 100 valence electrons. The van der Waals surface area contributed by atoms with E-state index in [-0.39, 0.29) is 6.10 Å². The lowest BCUT2D eigenvalue weighted by atomic mass is 9.73. The number of rotatable bonds is 4. The quantitative estimate of drug-likeness (QED) is 0.815. The summed E-state index contributed by atoms with van der Waals surface area (Å²) in [4.78, 5) is 2.75. The highest BCUT2D eigenvalue weighted by Gasteiger charge is 2.47. The van der Waals surface area contributed by atoms with Crippen LogP contribution in [0.5, 0.6) is 0 Å². The molecule has 2 aliphatic rings. The molecular weight excluding hydrogens is 210 g/mol. The van der Waals surface area contributed by atoms with E-state index in [9.17, 15) is 5.11 Å². The van der Waals surface area contributed by atoms with Crippen LogP contribution in [0.1, 0.15) is 59.3 Å². The van der Waals surface area contributed by atoms with Crippen LogP contribution >= 0.6 is 0 Å². The number of hydrogen-bond acceptors (Lipinski definition) is 2. The van der Waals surface area contributed by atoms with E-state index in [4.69, 9.17) is 0 Å². The van der Waals surface area contributed by atoms with Crippen LogP contribution < -0.4 is 0 Å². The summed E-state index contributed by atoms with van der Waals surface area (Å²) in [6.07, 6.45) is 7.37. The van der Waals surface area contributed by atoms with Gasteiger partial charge in [0, 0.05) is 23.9 Å². The van der Waals surface area contributed by atoms with Gasteiger partial charge in [-0.05, 0) is 38.6 Å². The van der Waals surface area contributed by atoms with E-state index in [0.29, 0.717) is 23.9 Å². The first-order chi connectivity index (χ1) is 8.24. The molecule has 2 fully saturated rings. The summed E-state index contributed by atoms with van der Waals surface area (Å²) >= 11 is 0. The van der Waals surface area contributed by atoms with Crippen LogP contribution in [0, 0.1) is 11.8 Å². The van der Waals surface area contributed by atoms with Gasteiger partial charge in [-0.25, -0.2) is 0 Å². The molecule has 0 aromatic rings. The Kier molecular flexibility index (Phi) is 4.48. The summed E-state index contributed by atoms with van der Waals surface area (Å²) in [5.41, 5.74) is 0. The SMILES string of the molecule is CCC[C@@H]1[C@H](CC)[C@H](O)[C@@H](CC)[C@@H]2CCCN12.